The van der Waals surface area contributed by atoms with E-state index in [0.717, 1.165) is 47.1 Å². The predicted octanol–water partition coefficient (Wildman–Crippen LogP) is 4.95. The van der Waals surface area contributed by atoms with Gasteiger partial charge in [-0.3, -0.25) is 4.90 Å². The number of nitrogens with zero attached hydrogens (tertiary/aromatic N) is 4. The fourth-order valence-corrected chi connectivity index (χ4v) is 4.82. The van der Waals surface area contributed by atoms with Gasteiger partial charge in [0, 0.05) is 4.88 Å². The number of nitriles is 1. The van der Waals surface area contributed by atoms with E-state index in [0.29, 0.717) is 5.56 Å². The number of hydrogen-bond acceptors (Lipinski definition) is 6. The zero-order valence-corrected chi connectivity index (χ0v) is 17.4. The van der Waals surface area contributed by atoms with Crippen molar-refractivity contribution in [2.24, 2.45) is 0 Å². The molecule has 28 heavy (non-hydrogen) atoms. The number of hydrogen-bond donors (Lipinski definition) is 1. The van der Waals surface area contributed by atoms with Gasteiger partial charge in [0.25, 0.3) is 0 Å². The van der Waals surface area contributed by atoms with Gasteiger partial charge in [0.1, 0.15) is 16.5 Å². The smallest absolute Gasteiger partial charge is 0.146 e. The van der Waals surface area contributed by atoms with Crippen molar-refractivity contribution in [3.05, 3.63) is 51.7 Å². The van der Waals surface area contributed by atoms with Crippen molar-refractivity contribution >= 4 is 27.4 Å². The van der Waals surface area contributed by atoms with Crippen LogP contribution in [-0.2, 0) is 6.54 Å². The highest BCUT2D eigenvalue weighted by Crippen LogP contribution is 2.35. The first-order valence-corrected chi connectivity index (χ1v) is 10.6. The van der Waals surface area contributed by atoms with Crippen molar-refractivity contribution in [2.45, 2.75) is 46.2 Å². The third-order valence-corrected chi connectivity index (χ3v) is 6.61. The van der Waals surface area contributed by atoms with E-state index in [1.54, 1.807) is 11.3 Å². The molecule has 1 aromatic carbocycles. The van der Waals surface area contributed by atoms with Crippen molar-refractivity contribution in [1.82, 2.24) is 14.9 Å². The lowest BCUT2D eigenvalue weighted by atomic mass is 10.1. The molecule has 0 spiro atoms. The molecule has 3 aromatic rings. The normalized spacial score (nSPS) is 15.6. The predicted molar refractivity (Wildman–Crippen MR) is 115 cm³/mol. The minimum atomic E-state index is 0.0469. The Bertz CT molecular complexity index is 1040. The second kappa shape index (κ2) is 7.86. The molecule has 1 aliphatic rings. The fourth-order valence-electron chi connectivity index (χ4n) is 3.78. The number of thiophene rings is 1. The summed E-state index contributed by atoms with van der Waals surface area (Å²) >= 11 is 1.74. The topological polar surface area (TPSA) is 64.8 Å². The molecule has 1 fully saturated rings. The van der Waals surface area contributed by atoms with Crippen LogP contribution < -0.4 is 5.32 Å². The molecule has 6 heteroatoms. The van der Waals surface area contributed by atoms with E-state index in [2.05, 4.69) is 37.1 Å². The summed E-state index contributed by atoms with van der Waals surface area (Å²) in [5.41, 5.74) is 3.00. The van der Waals surface area contributed by atoms with Gasteiger partial charge in [-0.05, 0) is 70.0 Å². The van der Waals surface area contributed by atoms with Gasteiger partial charge in [-0.2, -0.15) is 5.26 Å². The summed E-state index contributed by atoms with van der Waals surface area (Å²) in [4.78, 5) is 14.6. The van der Waals surface area contributed by atoms with E-state index in [4.69, 9.17) is 9.97 Å². The Balaban J connectivity index is 1.70. The molecule has 0 aliphatic carbocycles. The molecule has 1 N–H and O–H groups in total. The minimum absolute atomic E-state index is 0.0469. The average molecular weight is 392 g/mol. The first-order valence-electron chi connectivity index (χ1n) is 9.80. The van der Waals surface area contributed by atoms with Gasteiger partial charge < -0.3 is 5.32 Å². The monoisotopic (exact) mass is 391 g/mol. The molecule has 1 unspecified atom stereocenters. The average Bonchev–Trinajstić information content (AvgIpc) is 3.30. The van der Waals surface area contributed by atoms with Gasteiger partial charge in [0.05, 0.1) is 29.6 Å². The number of rotatable bonds is 5. The summed E-state index contributed by atoms with van der Waals surface area (Å²) in [6.07, 6.45) is 2.52. The molecule has 3 heterocycles. The zero-order chi connectivity index (χ0) is 19.7. The zero-order valence-electron chi connectivity index (χ0n) is 16.6. The van der Waals surface area contributed by atoms with E-state index in [1.165, 1.54) is 23.3 Å². The van der Waals surface area contributed by atoms with Crippen molar-refractivity contribution < 1.29 is 0 Å². The maximum absolute atomic E-state index is 9.19. The number of aromatic nitrogens is 2. The molecule has 1 saturated heterocycles. The SMILES string of the molecule is Cc1sc2nc(CN3CCCC3)nc(NC(C)c3cccc(C#N)c3)c2c1C. The number of nitrogens with one attached hydrogen (secondary N) is 1. The lowest BCUT2D eigenvalue weighted by molar-refractivity contribution is 0.323. The Labute approximate surface area is 170 Å². The van der Waals surface area contributed by atoms with Crippen LogP contribution in [0.15, 0.2) is 24.3 Å². The van der Waals surface area contributed by atoms with E-state index >= 15 is 0 Å². The molecule has 0 radical (unpaired) electrons. The lowest BCUT2D eigenvalue weighted by Crippen LogP contribution is -2.20. The molecule has 1 aliphatic heterocycles. The fraction of sp³-hybridized carbons (Fsp3) is 0.409. The van der Waals surface area contributed by atoms with Gasteiger partial charge in [0.15, 0.2) is 0 Å². The van der Waals surface area contributed by atoms with Crippen molar-refractivity contribution in [1.29, 1.82) is 5.26 Å². The van der Waals surface area contributed by atoms with Crippen LogP contribution >= 0.6 is 11.3 Å². The molecule has 0 bridgehead atoms. The maximum atomic E-state index is 9.19. The lowest BCUT2D eigenvalue weighted by Gasteiger charge is -2.18. The summed E-state index contributed by atoms with van der Waals surface area (Å²) in [5.74, 6) is 1.78. The highest BCUT2D eigenvalue weighted by Gasteiger charge is 2.19. The largest absolute Gasteiger partial charge is 0.363 e. The van der Waals surface area contributed by atoms with E-state index in [9.17, 15) is 5.26 Å². The minimum Gasteiger partial charge on any atom is -0.363 e. The molecule has 5 nitrogen and oxygen atoms in total. The van der Waals surface area contributed by atoms with Crippen molar-refractivity contribution in [3.63, 3.8) is 0 Å². The maximum Gasteiger partial charge on any atom is 0.146 e. The molecule has 144 valence electrons. The number of anilines is 1. The summed E-state index contributed by atoms with van der Waals surface area (Å²) in [7, 11) is 0. The van der Waals surface area contributed by atoms with Gasteiger partial charge in [0.2, 0.25) is 0 Å². The molecule has 2 aromatic heterocycles. The van der Waals surface area contributed by atoms with E-state index < -0.39 is 0 Å². The van der Waals surface area contributed by atoms with Crippen molar-refractivity contribution in [3.8, 4) is 6.07 Å². The molecular weight excluding hydrogens is 366 g/mol. The Morgan fingerprint density at radius 1 is 1.25 bits per heavy atom. The van der Waals surface area contributed by atoms with Crippen LogP contribution in [0.2, 0.25) is 0 Å². The molecule has 0 saturated carbocycles. The summed E-state index contributed by atoms with van der Waals surface area (Å²) in [5, 5.41) is 13.9. The van der Waals surface area contributed by atoms with Crippen LogP contribution in [0.1, 0.15) is 53.2 Å². The molecule has 1 atom stereocenters. The number of fused-ring (bicyclic) bond motifs is 1. The van der Waals surface area contributed by atoms with Crippen LogP contribution in [0, 0.1) is 25.2 Å². The van der Waals surface area contributed by atoms with Gasteiger partial charge >= 0.3 is 0 Å². The van der Waals surface area contributed by atoms with E-state index in [1.807, 2.05) is 24.3 Å². The van der Waals surface area contributed by atoms with Crippen molar-refractivity contribution in [2.75, 3.05) is 18.4 Å². The van der Waals surface area contributed by atoms with Crippen LogP contribution in [0.3, 0.4) is 0 Å². The van der Waals surface area contributed by atoms with Gasteiger partial charge in [-0.25, -0.2) is 9.97 Å². The molecule has 4 rings (SSSR count). The summed E-state index contributed by atoms with van der Waals surface area (Å²) in [6.45, 7) is 9.46. The Kier molecular flexibility index (Phi) is 5.29. The highest BCUT2D eigenvalue weighted by molar-refractivity contribution is 7.18. The Morgan fingerprint density at radius 3 is 2.79 bits per heavy atom. The quantitative estimate of drug-likeness (QED) is 0.667. The summed E-state index contributed by atoms with van der Waals surface area (Å²) < 4.78 is 0. The number of aryl methyl sites for hydroxylation is 2. The van der Waals surface area contributed by atoms with E-state index in [-0.39, 0.29) is 6.04 Å². The number of benzene rings is 1. The second-order valence-corrected chi connectivity index (χ2v) is 8.74. The molecular formula is C22H25N5S. The standard InChI is InChI=1S/C22H25N5S/c1-14-16(3)28-22-20(14)21(25-19(26-22)13-27-9-4-5-10-27)24-15(2)18-8-6-7-17(11-18)12-23/h6-8,11,15H,4-5,9-10,13H2,1-3H3,(H,24,25,26). The van der Waals surface area contributed by atoms with Crippen LogP contribution in [0.4, 0.5) is 5.82 Å². The Morgan fingerprint density at radius 2 is 2.04 bits per heavy atom. The summed E-state index contributed by atoms with van der Waals surface area (Å²) in [6, 6.07) is 10.0. The van der Waals surface area contributed by atoms with Crippen LogP contribution in [0.25, 0.3) is 10.2 Å². The third kappa shape index (κ3) is 3.73. The van der Waals surface area contributed by atoms with Crippen LogP contribution in [-0.4, -0.2) is 28.0 Å². The van der Waals surface area contributed by atoms with Crippen LogP contribution in [0.5, 0.6) is 0 Å². The first-order chi connectivity index (χ1) is 13.5. The first kappa shape index (κ1) is 18.9. The second-order valence-electron chi connectivity index (χ2n) is 7.54. The number of likely N-dealkylation sites (tertiary alicyclic amines) is 1. The molecule has 0 amide bonds. The van der Waals surface area contributed by atoms with Gasteiger partial charge in [-0.1, -0.05) is 12.1 Å². The Hall–Kier alpha value is -2.49. The third-order valence-electron chi connectivity index (χ3n) is 5.51. The van der Waals surface area contributed by atoms with Gasteiger partial charge in [-0.15, -0.1) is 11.3 Å². The highest BCUT2D eigenvalue weighted by atomic mass is 32.1.